The summed E-state index contributed by atoms with van der Waals surface area (Å²) in [5, 5.41) is 0.782. The summed E-state index contributed by atoms with van der Waals surface area (Å²) in [5.74, 6) is 0.576. The van der Waals surface area contributed by atoms with Crippen LogP contribution in [0.25, 0.3) is 11.0 Å². The predicted octanol–water partition coefficient (Wildman–Crippen LogP) is 4.72. The van der Waals surface area contributed by atoms with Crippen molar-refractivity contribution < 1.29 is 28.2 Å². The van der Waals surface area contributed by atoms with E-state index in [1.54, 1.807) is 19.1 Å². The molecule has 0 bridgehead atoms. The minimum absolute atomic E-state index is 0.0291. The van der Waals surface area contributed by atoms with E-state index >= 15 is 0 Å². The highest BCUT2D eigenvalue weighted by Gasteiger charge is 2.31. The number of hydrogen-bond donors (Lipinski definition) is 0. The summed E-state index contributed by atoms with van der Waals surface area (Å²) in [5.41, 5.74) is 1.88. The Bertz CT molecular complexity index is 1170. The van der Waals surface area contributed by atoms with Crippen molar-refractivity contribution in [2.75, 3.05) is 13.2 Å². The van der Waals surface area contributed by atoms with Crippen LogP contribution in [0, 0.1) is 6.92 Å². The monoisotopic (exact) mass is 436 g/mol. The van der Waals surface area contributed by atoms with Gasteiger partial charge in [0.2, 0.25) is 0 Å². The molecule has 2 heterocycles. The van der Waals surface area contributed by atoms with E-state index in [2.05, 4.69) is 0 Å². The lowest BCUT2D eigenvalue weighted by molar-refractivity contribution is -0.0823. The highest BCUT2D eigenvalue weighted by Crippen LogP contribution is 2.30. The van der Waals surface area contributed by atoms with Crippen molar-refractivity contribution >= 4 is 17.1 Å². The fraction of sp³-hybridized carbons (Fsp3) is 0.280. The van der Waals surface area contributed by atoms with Gasteiger partial charge in [0.05, 0.1) is 6.61 Å². The normalized spacial score (nSPS) is 20.1. The lowest BCUT2D eigenvalue weighted by Crippen LogP contribution is -2.40. The number of carbonyl (C=O) groups excluding carboxylic acids is 1. The summed E-state index contributed by atoms with van der Waals surface area (Å²) in [6, 6.07) is 16.4. The Labute approximate surface area is 185 Å². The highest BCUT2D eigenvalue weighted by molar-refractivity contribution is 5.81. The Balaban J connectivity index is 1.57. The standard InChI is InChI=1S/C25H24O7/c1-3-28-25(27)29-15-23-22(12-11-20(31-23)17-7-5-4-6-8-17)30-18-9-10-21-19(14-18)16(2)13-24(26)32-21/h4-14,20,22-23H,3,15H2,1-2H3/t20-,22-,23+/m0/s1. The minimum atomic E-state index is -0.753. The molecule has 0 amide bonds. The number of aryl methyl sites for hydroxylation is 1. The molecule has 3 aromatic rings. The average Bonchev–Trinajstić information content (AvgIpc) is 2.79. The molecule has 32 heavy (non-hydrogen) atoms. The zero-order valence-corrected chi connectivity index (χ0v) is 17.9. The molecule has 7 heteroatoms. The van der Waals surface area contributed by atoms with Crippen molar-refractivity contribution in [3.8, 4) is 5.75 Å². The molecule has 0 fully saturated rings. The van der Waals surface area contributed by atoms with Crippen molar-refractivity contribution in [3.63, 3.8) is 0 Å². The molecule has 4 rings (SSSR count). The number of carbonyl (C=O) groups is 1. The van der Waals surface area contributed by atoms with Crippen LogP contribution in [0.15, 0.2) is 76.0 Å². The second-order valence-electron chi connectivity index (χ2n) is 7.37. The van der Waals surface area contributed by atoms with Crippen molar-refractivity contribution in [1.29, 1.82) is 0 Å². The molecule has 2 aromatic carbocycles. The molecular weight excluding hydrogens is 412 g/mol. The zero-order valence-electron chi connectivity index (χ0n) is 17.9. The van der Waals surface area contributed by atoms with Crippen LogP contribution in [0.3, 0.4) is 0 Å². The first-order valence-corrected chi connectivity index (χ1v) is 10.4. The lowest BCUT2D eigenvalue weighted by atomic mass is 10.0. The van der Waals surface area contributed by atoms with Gasteiger partial charge in [-0.3, -0.25) is 0 Å². The highest BCUT2D eigenvalue weighted by atomic mass is 16.7. The SMILES string of the molecule is CCOC(=O)OC[C@H]1O[C@H](c2ccccc2)C=C[C@@H]1Oc1ccc2oc(=O)cc(C)c2c1. The number of rotatable bonds is 6. The van der Waals surface area contributed by atoms with Gasteiger partial charge in [-0.2, -0.15) is 0 Å². The van der Waals surface area contributed by atoms with Crippen LogP contribution >= 0.6 is 0 Å². The van der Waals surface area contributed by atoms with E-state index in [0.717, 1.165) is 16.5 Å². The summed E-state index contributed by atoms with van der Waals surface area (Å²) in [4.78, 5) is 23.3. The Kier molecular flexibility index (Phi) is 6.56. The van der Waals surface area contributed by atoms with Crippen LogP contribution < -0.4 is 10.4 Å². The molecule has 0 unspecified atom stereocenters. The summed E-state index contributed by atoms with van der Waals surface area (Å²) < 4.78 is 27.7. The van der Waals surface area contributed by atoms with Crippen LogP contribution in [0.1, 0.15) is 24.2 Å². The summed E-state index contributed by atoms with van der Waals surface area (Å²) in [6.07, 6.45) is 1.73. The fourth-order valence-corrected chi connectivity index (χ4v) is 3.57. The molecule has 1 aliphatic heterocycles. The van der Waals surface area contributed by atoms with Crippen molar-refractivity contribution in [2.24, 2.45) is 0 Å². The van der Waals surface area contributed by atoms with E-state index in [9.17, 15) is 9.59 Å². The van der Waals surface area contributed by atoms with Crippen LogP contribution in [-0.2, 0) is 14.2 Å². The van der Waals surface area contributed by atoms with E-state index in [1.807, 2.05) is 55.5 Å². The van der Waals surface area contributed by atoms with E-state index < -0.39 is 24.0 Å². The van der Waals surface area contributed by atoms with Gasteiger partial charge in [0, 0.05) is 11.5 Å². The lowest BCUT2D eigenvalue weighted by Gasteiger charge is -2.32. The zero-order chi connectivity index (χ0) is 22.5. The smallest absolute Gasteiger partial charge is 0.483 e. The third kappa shape index (κ3) is 5.00. The first kappa shape index (κ1) is 21.6. The molecular formula is C25H24O7. The number of benzene rings is 2. The van der Waals surface area contributed by atoms with Crippen LogP contribution in [0.4, 0.5) is 4.79 Å². The van der Waals surface area contributed by atoms with Gasteiger partial charge in [0.15, 0.2) is 0 Å². The van der Waals surface area contributed by atoms with Crippen LogP contribution in [0.5, 0.6) is 5.75 Å². The predicted molar refractivity (Wildman–Crippen MR) is 118 cm³/mol. The molecule has 0 aliphatic carbocycles. The van der Waals surface area contributed by atoms with Gasteiger partial charge in [0.25, 0.3) is 0 Å². The van der Waals surface area contributed by atoms with E-state index in [4.69, 9.17) is 23.4 Å². The maximum Gasteiger partial charge on any atom is 0.508 e. The maximum absolute atomic E-state index is 11.7. The maximum atomic E-state index is 11.7. The van der Waals surface area contributed by atoms with Gasteiger partial charge in [-0.15, -0.1) is 0 Å². The molecule has 166 valence electrons. The van der Waals surface area contributed by atoms with Crippen molar-refractivity contribution in [3.05, 3.63) is 88.3 Å². The van der Waals surface area contributed by atoms with Gasteiger partial charge in [-0.1, -0.05) is 36.4 Å². The third-order valence-corrected chi connectivity index (χ3v) is 5.11. The molecule has 1 aromatic heterocycles. The Morgan fingerprint density at radius 3 is 2.62 bits per heavy atom. The van der Waals surface area contributed by atoms with Gasteiger partial charge in [-0.25, -0.2) is 9.59 Å². The van der Waals surface area contributed by atoms with Crippen molar-refractivity contribution in [2.45, 2.75) is 32.2 Å². The van der Waals surface area contributed by atoms with Gasteiger partial charge in [-0.05, 0) is 49.2 Å². The minimum Gasteiger partial charge on any atom is -0.483 e. The van der Waals surface area contributed by atoms with Gasteiger partial charge < -0.3 is 23.4 Å². The second kappa shape index (κ2) is 9.70. The third-order valence-electron chi connectivity index (χ3n) is 5.11. The molecule has 7 nitrogen and oxygen atoms in total. The quantitative estimate of drug-likeness (QED) is 0.314. The van der Waals surface area contributed by atoms with Crippen LogP contribution in [0.2, 0.25) is 0 Å². The molecule has 0 saturated carbocycles. The molecule has 0 spiro atoms. The molecule has 0 N–H and O–H groups in total. The summed E-state index contributed by atoms with van der Waals surface area (Å²) >= 11 is 0. The molecule has 3 atom stereocenters. The largest absolute Gasteiger partial charge is 0.508 e. The molecule has 0 radical (unpaired) electrons. The number of ether oxygens (including phenoxy) is 4. The Morgan fingerprint density at radius 2 is 1.84 bits per heavy atom. The van der Waals surface area contributed by atoms with E-state index in [-0.39, 0.29) is 19.3 Å². The second-order valence-corrected chi connectivity index (χ2v) is 7.37. The van der Waals surface area contributed by atoms with Gasteiger partial charge in [0.1, 0.15) is 36.3 Å². The first-order valence-electron chi connectivity index (χ1n) is 10.4. The Hall–Kier alpha value is -3.58. The fourth-order valence-electron chi connectivity index (χ4n) is 3.57. The topological polar surface area (TPSA) is 84.2 Å². The molecule has 1 aliphatic rings. The van der Waals surface area contributed by atoms with Gasteiger partial charge >= 0.3 is 11.8 Å². The number of fused-ring (bicyclic) bond motifs is 1. The summed E-state index contributed by atoms with van der Waals surface area (Å²) in [7, 11) is 0. The van der Waals surface area contributed by atoms with Crippen molar-refractivity contribution in [1.82, 2.24) is 0 Å². The van der Waals surface area contributed by atoms with E-state index in [1.165, 1.54) is 6.07 Å². The average molecular weight is 436 g/mol. The first-order chi connectivity index (χ1) is 15.5. The summed E-state index contributed by atoms with van der Waals surface area (Å²) in [6.45, 7) is 3.75. The molecule has 0 saturated heterocycles. The van der Waals surface area contributed by atoms with Crippen LogP contribution in [-0.4, -0.2) is 31.6 Å². The Morgan fingerprint density at radius 1 is 1.03 bits per heavy atom. The number of hydrogen-bond acceptors (Lipinski definition) is 7. The van der Waals surface area contributed by atoms with E-state index in [0.29, 0.717) is 11.3 Å².